The van der Waals surface area contributed by atoms with Crippen molar-refractivity contribution in [3.8, 4) is 17.2 Å². The summed E-state index contributed by atoms with van der Waals surface area (Å²) in [5.74, 6) is 0.624. The number of allylic oxidation sites excluding steroid dienone is 1. The van der Waals surface area contributed by atoms with Gasteiger partial charge in [0.05, 0.1) is 20.5 Å². The van der Waals surface area contributed by atoms with Gasteiger partial charge < -0.3 is 18.6 Å². The first-order valence-electron chi connectivity index (χ1n) is 8.41. The molecule has 0 aliphatic rings. The lowest BCUT2D eigenvalue weighted by Gasteiger charge is -2.09. The molecule has 0 unspecified atom stereocenters. The summed E-state index contributed by atoms with van der Waals surface area (Å²) < 4.78 is 20.7. The molecular formula is C22H18O6. The molecule has 28 heavy (non-hydrogen) atoms. The van der Waals surface area contributed by atoms with Crippen molar-refractivity contribution in [2.45, 2.75) is 0 Å². The fraction of sp³-hybridized carbons (Fsp3) is 0.0909. The van der Waals surface area contributed by atoms with Crippen LogP contribution in [0.4, 0.5) is 0 Å². The van der Waals surface area contributed by atoms with Crippen molar-refractivity contribution in [2.75, 3.05) is 14.2 Å². The van der Waals surface area contributed by atoms with Crippen LogP contribution in [0.3, 0.4) is 0 Å². The zero-order valence-electron chi connectivity index (χ0n) is 15.4. The quantitative estimate of drug-likeness (QED) is 0.262. The molecule has 0 amide bonds. The van der Waals surface area contributed by atoms with Gasteiger partial charge in [0.25, 0.3) is 0 Å². The van der Waals surface area contributed by atoms with E-state index in [1.807, 2.05) is 0 Å². The van der Waals surface area contributed by atoms with E-state index in [4.69, 9.17) is 18.6 Å². The average molecular weight is 378 g/mol. The van der Waals surface area contributed by atoms with Gasteiger partial charge in [-0.3, -0.25) is 4.79 Å². The van der Waals surface area contributed by atoms with Crippen LogP contribution in [0.2, 0.25) is 0 Å². The number of methoxy groups -OCH3 is 2. The number of ketones is 1. The van der Waals surface area contributed by atoms with E-state index in [1.165, 1.54) is 25.5 Å². The first-order valence-corrected chi connectivity index (χ1v) is 8.41. The maximum Gasteiger partial charge on any atom is 0.379 e. The van der Waals surface area contributed by atoms with E-state index in [2.05, 4.69) is 0 Å². The Kier molecular flexibility index (Phi) is 5.91. The van der Waals surface area contributed by atoms with Gasteiger partial charge in [0.1, 0.15) is 5.75 Å². The van der Waals surface area contributed by atoms with E-state index in [9.17, 15) is 9.59 Å². The molecule has 6 nitrogen and oxygen atoms in total. The lowest BCUT2D eigenvalue weighted by Crippen LogP contribution is -2.08. The second-order valence-corrected chi connectivity index (χ2v) is 5.70. The summed E-state index contributed by atoms with van der Waals surface area (Å²) in [6.07, 6.45) is 4.51. The van der Waals surface area contributed by atoms with E-state index < -0.39 is 5.97 Å². The van der Waals surface area contributed by atoms with Crippen molar-refractivity contribution >= 4 is 17.8 Å². The number of esters is 1. The average Bonchev–Trinajstić information content (AvgIpc) is 3.28. The summed E-state index contributed by atoms with van der Waals surface area (Å²) in [6, 6.07) is 14.9. The minimum absolute atomic E-state index is 0.0936. The van der Waals surface area contributed by atoms with Gasteiger partial charge in [-0.15, -0.1) is 0 Å². The molecule has 2 aromatic carbocycles. The minimum atomic E-state index is -0.624. The van der Waals surface area contributed by atoms with Crippen LogP contribution in [0.15, 0.2) is 71.4 Å². The third-order valence-electron chi connectivity index (χ3n) is 3.91. The summed E-state index contributed by atoms with van der Waals surface area (Å²) >= 11 is 0. The lowest BCUT2D eigenvalue weighted by atomic mass is 10.1. The Balaban J connectivity index is 1.72. The van der Waals surface area contributed by atoms with Crippen LogP contribution in [0, 0.1) is 0 Å². The van der Waals surface area contributed by atoms with Crippen molar-refractivity contribution in [3.05, 3.63) is 83.8 Å². The molecule has 0 spiro atoms. The van der Waals surface area contributed by atoms with Crippen LogP contribution in [0.1, 0.15) is 26.5 Å². The SMILES string of the molecule is COc1ccc(C(=O)/C=C/c2ccc(OC(=O)c3ccco3)c(OC)c2)cc1. The van der Waals surface area contributed by atoms with E-state index in [1.54, 1.807) is 61.7 Å². The van der Waals surface area contributed by atoms with Gasteiger partial charge in [-0.25, -0.2) is 4.79 Å². The smallest absolute Gasteiger partial charge is 0.379 e. The van der Waals surface area contributed by atoms with Crippen LogP contribution < -0.4 is 14.2 Å². The van der Waals surface area contributed by atoms with Gasteiger partial charge in [-0.2, -0.15) is 0 Å². The first-order chi connectivity index (χ1) is 13.6. The number of benzene rings is 2. The highest BCUT2D eigenvalue weighted by molar-refractivity contribution is 6.06. The molecule has 142 valence electrons. The third-order valence-corrected chi connectivity index (χ3v) is 3.91. The molecule has 0 saturated heterocycles. The predicted octanol–water partition coefficient (Wildman–Crippen LogP) is 4.41. The van der Waals surface area contributed by atoms with Crippen LogP contribution in [-0.4, -0.2) is 26.0 Å². The van der Waals surface area contributed by atoms with Crippen LogP contribution >= 0.6 is 0 Å². The van der Waals surface area contributed by atoms with Gasteiger partial charge >= 0.3 is 5.97 Å². The normalized spacial score (nSPS) is 10.6. The van der Waals surface area contributed by atoms with Crippen LogP contribution in [-0.2, 0) is 0 Å². The third kappa shape index (κ3) is 4.48. The largest absolute Gasteiger partial charge is 0.497 e. The standard InChI is InChI=1S/C22H18O6/c1-25-17-9-7-16(8-10-17)18(23)11-5-15-6-12-19(21(14-15)26-2)28-22(24)20-4-3-13-27-20/h3-14H,1-2H3/b11-5+. The second-order valence-electron chi connectivity index (χ2n) is 5.70. The van der Waals surface area contributed by atoms with E-state index in [0.29, 0.717) is 17.1 Å². The van der Waals surface area contributed by atoms with Crippen molar-refractivity contribution in [1.29, 1.82) is 0 Å². The van der Waals surface area contributed by atoms with Gasteiger partial charge in [-0.05, 0) is 60.2 Å². The highest BCUT2D eigenvalue weighted by Crippen LogP contribution is 2.29. The zero-order valence-corrected chi connectivity index (χ0v) is 15.4. The molecule has 0 atom stereocenters. The van der Waals surface area contributed by atoms with Gasteiger partial charge in [0.2, 0.25) is 5.76 Å². The Morgan fingerprint density at radius 1 is 0.929 bits per heavy atom. The number of hydrogen-bond acceptors (Lipinski definition) is 6. The van der Waals surface area contributed by atoms with E-state index >= 15 is 0 Å². The number of ether oxygens (including phenoxy) is 3. The summed E-state index contributed by atoms with van der Waals surface area (Å²) in [5.41, 5.74) is 1.27. The molecule has 1 heterocycles. The fourth-order valence-electron chi connectivity index (χ4n) is 2.44. The number of carbonyl (C=O) groups excluding carboxylic acids is 2. The molecule has 0 N–H and O–H groups in total. The maximum absolute atomic E-state index is 12.3. The topological polar surface area (TPSA) is 75.0 Å². The molecule has 3 aromatic rings. The molecule has 0 fully saturated rings. The summed E-state index contributed by atoms with van der Waals surface area (Å²) in [5, 5.41) is 0. The van der Waals surface area contributed by atoms with Crippen molar-refractivity contribution in [1.82, 2.24) is 0 Å². The molecule has 3 rings (SSSR count). The number of carbonyl (C=O) groups is 2. The Morgan fingerprint density at radius 3 is 2.36 bits per heavy atom. The van der Waals surface area contributed by atoms with Crippen molar-refractivity contribution in [2.24, 2.45) is 0 Å². The molecule has 0 aliphatic carbocycles. The zero-order chi connectivity index (χ0) is 19.9. The molecule has 0 saturated carbocycles. The summed E-state index contributed by atoms with van der Waals surface area (Å²) in [7, 11) is 3.04. The first kappa shape index (κ1) is 19.0. The number of hydrogen-bond donors (Lipinski definition) is 0. The number of rotatable bonds is 7. The highest BCUT2D eigenvalue weighted by atomic mass is 16.6. The van der Waals surface area contributed by atoms with Gasteiger partial charge in [0, 0.05) is 5.56 Å². The van der Waals surface area contributed by atoms with Crippen molar-refractivity contribution in [3.63, 3.8) is 0 Å². The monoisotopic (exact) mass is 378 g/mol. The lowest BCUT2D eigenvalue weighted by molar-refractivity contribution is 0.0696. The Bertz CT molecular complexity index is 984. The van der Waals surface area contributed by atoms with Gasteiger partial charge in [0.15, 0.2) is 17.3 Å². The van der Waals surface area contributed by atoms with Gasteiger partial charge in [-0.1, -0.05) is 12.1 Å². The van der Waals surface area contributed by atoms with Crippen LogP contribution in [0.25, 0.3) is 6.08 Å². The summed E-state index contributed by atoms with van der Waals surface area (Å²) in [6.45, 7) is 0. The Morgan fingerprint density at radius 2 is 1.71 bits per heavy atom. The highest BCUT2D eigenvalue weighted by Gasteiger charge is 2.14. The molecule has 0 radical (unpaired) electrons. The molecule has 6 heteroatoms. The molecular weight excluding hydrogens is 360 g/mol. The number of furan rings is 1. The molecule has 0 bridgehead atoms. The second kappa shape index (κ2) is 8.73. The van der Waals surface area contributed by atoms with E-state index in [0.717, 1.165) is 5.56 Å². The molecule has 0 aliphatic heterocycles. The van der Waals surface area contributed by atoms with Crippen LogP contribution in [0.5, 0.6) is 17.2 Å². The minimum Gasteiger partial charge on any atom is -0.497 e. The Labute approximate surface area is 162 Å². The predicted molar refractivity (Wildman–Crippen MR) is 103 cm³/mol. The Hall–Kier alpha value is -3.80. The maximum atomic E-state index is 12.3. The van der Waals surface area contributed by atoms with Crippen molar-refractivity contribution < 1.29 is 28.2 Å². The molecule has 1 aromatic heterocycles. The van der Waals surface area contributed by atoms with E-state index in [-0.39, 0.29) is 17.3 Å². The summed E-state index contributed by atoms with van der Waals surface area (Å²) in [4.78, 5) is 24.3. The fourth-order valence-corrected chi connectivity index (χ4v) is 2.44.